The Morgan fingerprint density at radius 3 is 2.26 bits per heavy atom. The van der Waals surface area contributed by atoms with Crippen LogP contribution < -0.4 is 4.90 Å². The highest BCUT2D eigenvalue weighted by molar-refractivity contribution is 5.82. The van der Waals surface area contributed by atoms with Crippen LogP contribution in [0, 0.1) is 0 Å². The molecule has 2 aromatic heterocycles. The number of benzene rings is 1. The number of carbonyl (C=O) groups excluding carboxylic acids is 1. The fourth-order valence-electron chi connectivity index (χ4n) is 4.55. The second kappa shape index (κ2) is 11.5. The lowest BCUT2D eigenvalue weighted by Crippen LogP contribution is -2.50. The second-order valence-electron chi connectivity index (χ2n) is 10.6. The molecule has 3 aromatic rings. The van der Waals surface area contributed by atoms with E-state index in [1.165, 1.54) is 0 Å². The van der Waals surface area contributed by atoms with Crippen LogP contribution in [0.3, 0.4) is 0 Å². The summed E-state index contributed by atoms with van der Waals surface area (Å²) in [6.07, 6.45) is 8.06. The molecule has 3 heterocycles. The number of rotatable bonds is 7. The van der Waals surface area contributed by atoms with Gasteiger partial charge in [0.05, 0.1) is 0 Å². The average molecular weight is 518 g/mol. The third-order valence-electron chi connectivity index (χ3n) is 6.81. The number of piperidine rings is 1. The Balaban J connectivity index is 1.36. The number of hydrogen-bond acceptors (Lipinski definition) is 7. The monoisotopic (exact) mass is 517 g/mol. The molecule has 0 radical (unpaired) electrons. The maximum Gasteiger partial charge on any atom is 0.408 e. The van der Waals surface area contributed by atoms with Crippen LogP contribution >= 0.6 is 0 Å². The Kier molecular flexibility index (Phi) is 8.19. The number of carboxylic acid groups (broad SMARTS) is 1. The molecule has 10 heteroatoms. The van der Waals surface area contributed by atoms with Crippen LogP contribution in [0.25, 0.3) is 11.1 Å². The van der Waals surface area contributed by atoms with Gasteiger partial charge in [0.1, 0.15) is 12.4 Å². The highest BCUT2D eigenvalue weighted by atomic mass is 16.4. The maximum absolute atomic E-state index is 12.7. The predicted molar refractivity (Wildman–Crippen MR) is 145 cm³/mol. The summed E-state index contributed by atoms with van der Waals surface area (Å²) < 4.78 is 0. The molecule has 10 nitrogen and oxygen atoms in total. The lowest BCUT2D eigenvalue weighted by atomic mass is 9.96. The normalized spacial score (nSPS) is 14.3. The van der Waals surface area contributed by atoms with Crippen LogP contribution in [0.5, 0.6) is 0 Å². The number of nitrogens with zero attached hydrogens (tertiary/aromatic N) is 7. The van der Waals surface area contributed by atoms with Crippen molar-refractivity contribution in [3.63, 3.8) is 0 Å². The standard InChI is InChI=1S/C28H35N7O3/c1-28(2,3)35(27(37)38)19-24(36)33(4)18-20-7-5-8-22(15-20)23-16-31-26(32-17-23)34-13-9-21(10-14-34)25-29-11-6-12-30-25/h5-8,11-12,15-17,21H,9-10,13-14,18-19H2,1-4H3,(H,37,38). The summed E-state index contributed by atoms with van der Waals surface area (Å²) in [5, 5.41) is 9.49. The summed E-state index contributed by atoms with van der Waals surface area (Å²) in [5.74, 6) is 1.72. The zero-order valence-electron chi connectivity index (χ0n) is 22.4. The number of carbonyl (C=O) groups is 2. The third-order valence-corrected chi connectivity index (χ3v) is 6.81. The van der Waals surface area contributed by atoms with Gasteiger partial charge < -0.3 is 14.9 Å². The summed E-state index contributed by atoms with van der Waals surface area (Å²) in [7, 11) is 1.68. The zero-order valence-corrected chi connectivity index (χ0v) is 22.4. The van der Waals surface area contributed by atoms with Gasteiger partial charge in [0.25, 0.3) is 0 Å². The first kappa shape index (κ1) is 27.0. The predicted octanol–water partition coefficient (Wildman–Crippen LogP) is 4.05. The zero-order chi connectivity index (χ0) is 27.3. The van der Waals surface area contributed by atoms with Crippen LogP contribution in [0.15, 0.2) is 55.1 Å². The first-order valence-electron chi connectivity index (χ1n) is 12.8. The van der Waals surface area contributed by atoms with E-state index >= 15 is 0 Å². The number of anilines is 1. The minimum atomic E-state index is -1.11. The Labute approximate surface area is 223 Å². The molecule has 0 unspecified atom stereocenters. The van der Waals surface area contributed by atoms with E-state index in [0.29, 0.717) is 18.4 Å². The van der Waals surface area contributed by atoms with Crippen LogP contribution in [-0.2, 0) is 11.3 Å². The van der Waals surface area contributed by atoms with Crippen LogP contribution in [-0.4, -0.2) is 79.1 Å². The van der Waals surface area contributed by atoms with Gasteiger partial charge in [-0.05, 0) is 56.9 Å². The third kappa shape index (κ3) is 6.62. The molecule has 1 aliphatic heterocycles. The number of aromatic nitrogens is 4. The number of amides is 2. The minimum Gasteiger partial charge on any atom is -0.465 e. The first-order valence-corrected chi connectivity index (χ1v) is 12.8. The Bertz CT molecular complexity index is 1240. The molecule has 1 fully saturated rings. The van der Waals surface area contributed by atoms with Gasteiger partial charge in [-0.25, -0.2) is 24.7 Å². The van der Waals surface area contributed by atoms with Crippen LogP contribution in [0.2, 0.25) is 0 Å². The van der Waals surface area contributed by atoms with Gasteiger partial charge in [0.2, 0.25) is 11.9 Å². The Morgan fingerprint density at radius 1 is 1.00 bits per heavy atom. The van der Waals surface area contributed by atoms with Crippen LogP contribution in [0.1, 0.15) is 50.9 Å². The smallest absolute Gasteiger partial charge is 0.408 e. The van der Waals surface area contributed by atoms with E-state index in [-0.39, 0.29) is 12.5 Å². The van der Waals surface area contributed by atoms with Crippen molar-refractivity contribution in [1.82, 2.24) is 29.7 Å². The summed E-state index contributed by atoms with van der Waals surface area (Å²) in [6.45, 7) is 7.19. The van der Waals surface area contributed by atoms with Gasteiger partial charge in [0, 0.05) is 68.5 Å². The molecule has 0 spiro atoms. The van der Waals surface area contributed by atoms with Crippen molar-refractivity contribution in [3.8, 4) is 11.1 Å². The molecule has 0 saturated carbocycles. The van der Waals surface area contributed by atoms with E-state index in [2.05, 4.69) is 24.8 Å². The molecular formula is C28H35N7O3. The highest BCUT2D eigenvalue weighted by Gasteiger charge is 2.29. The van der Waals surface area contributed by atoms with Crippen LogP contribution in [0.4, 0.5) is 10.7 Å². The number of likely N-dealkylation sites (N-methyl/N-ethyl adjacent to an activating group) is 1. The van der Waals surface area contributed by atoms with Crippen molar-refractivity contribution in [1.29, 1.82) is 0 Å². The molecule has 2 amide bonds. The maximum atomic E-state index is 12.7. The second-order valence-corrected chi connectivity index (χ2v) is 10.6. The Hall–Kier alpha value is -4.08. The quantitative estimate of drug-likeness (QED) is 0.499. The molecule has 38 heavy (non-hydrogen) atoms. The van der Waals surface area contributed by atoms with Crippen molar-refractivity contribution in [3.05, 3.63) is 66.5 Å². The topological polar surface area (TPSA) is 116 Å². The first-order chi connectivity index (χ1) is 18.1. The van der Waals surface area contributed by atoms with E-state index in [1.54, 1.807) is 45.1 Å². The van der Waals surface area contributed by atoms with Gasteiger partial charge in [0.15, 0.2) is 0 Å². The van der Waals surface area contributed by atoms with Gasteiger partial charge >= 0.3 is 6.09 Å². The fraction of sp³-hybridized carbons (Fsp3) is 0.429. The van der Waals surface area contributed by atoms with E-state index < -0.39 is 11.6 Å². The van der Waals surface area contributed by atoms with Crippen molar-refractivity contribution in [2.45, 2.75) is 51.6 Å². The molecule has 0 bridgehead atoms. The lowest BCUT2D eigenvalue weighted by molar-refractivity contribution is -0.132. The van der Waals surface area contributed by atoms with Gasteiger partial charge in [-0.3, -0.25) is 9.69 Å². The van der Waals surface area contributed by atoms with E-state index in [0.717, 1.165) is 53.3 Å². The molecule has 1 N–H and O–H groups in total. The molecule has 4 rings (SSSR count). The fourth-order valence-corrected chi connectivity index (χ4v) is 4.55. The van der Waals surface area contributed by atoms with Crippen molar-refractivity contribution in [2.75, 3.05) is 31.6 Å². The molecular weight excluding hydrogens is 482 g/mol. The van der Waals surface area contributed by atoms with E-state index in [9.17, 15) is 14.7 Å². The van der Waals surface area contributed by atoms with Crippen molar-refractivity contribution < 1.29 is 14.7 Å². The number of hydrogen-bond donors (Lipinski definition) is 1. The summed E-state index contributed by atoms with van der Waals surface area (Å²) in [5.41, 5.74) is 2.12. The molecule has 1 aromatic carbocycles. The van der Waals surface area contributed by atoms with Gasteiger partial charge in [-0.15, -0.1) is 0 Å². The SMILES string of the molecule is CN(Cc1cccc(-c2cnc(N3CCC(c4ncccn4)CC3)nc2)c1)C(=O)CN(C(=O)O)C(C)(C)C. The Morgan fingerprint density at radius 2 is 1.66 bits per heavy atom. The largest absolute Gasteiger partial charge is 0.465 e. The molecule has 0 atom stereocenters. The van der Waals surface area contributed by atoms with Crippen molar-refractivity contribution in [2.24, 2.45) is 0 Å². The minimum absolute atomic E-state index is 0.194. The van der Waals surface area contributed by atoms with Gasteiger partial charge in [-0.2, -0.15) is 0 Å². The van der Waals surface area contributed by atoms with Gasteiger partial charge in [-0.1, -0.05) is 18.2 Å². The van der Waals surface area contributed by atoms with Crippen molar-refractivity contribution >= 4 is 17.9 Å². The summed E-state index contributed by atoms with van der Waals surface area (Å²) in [6, 6.07) is 9.71. The molecule has 0 aliphatic carbocycles. The molecule has 1 saturated heterocycles. The lowest BCUT2D eigenvalue weighted by Gasteiger charge is -2.33. The molecule has 200 valence electrons. The van der Waals surface area contributed by atoms with E-state index in [4.69, 9.17) is 0 Å². The summed E-state index contributed by atoms with van der Waals surface area (Å²) >= 11 is 0. The van der Waals surface area contributed by atoms with E-state index in [1.807, 2.05) is 42.7 Å². The summed E-state index contributed by atoms with van der Waals surface area (Å²) in [4.78, 5) is 47.3. The highest BCUT2D eigenvalue weighted by Crippen LogP contribution is 2.28. The molecule has 1 aliphatic rings. The average Bonchev–Trinajstić information content (AvgIpc) is 2.91.